The first-order valence-electron chi connectivity index (χ1n) is 7.55. The molecule has 2 aromatic rings. The molecule has 3 rings (SSSR count). The van der Waals surface area contributed by atoms with Crippen LogP contribution in [0, 0.1) is 10.1 Å². The number of aromatic nitrogens is 2. The Kier molecular flexibility index (Phi) is 3.95. The molecule has 0 saturated carbocycles. The molecular weight excluding hydrogens is 330 g/mol. The van der Waals surface area contributed by atoms with Gasteiger partial charge >= 0.3 is 6.03 Å². The van der Waals surface area contributed by atoms with Gasteiger partial charge in [-0.15, -0.1) is 0 Å². The van der Waals surface area contributed by atoms with Gasteiger partial charge in [-0.3, -0.25) is 19.8 Å². The largest absolute Gasteiger partial charge is 0.337 e. The molecule has 2 heterocycles. The molecule has 1 unspecified atom stereocenters. The Morgan fingerprint density at radius 1 is 1.40 bits per heavy atom. The quantitative estimate of drug-likeness (QED) is 0.493. The van der Waals surface area contributed by atoms with E-state index in [1.54, 1.807) is 6.07 Å². The van der Waals surface area contributed by atoms with Crippen molar-refractivity contribution in [1.29, 1.82) is 0 Å². The molecule has 0 radical (unpaired) electrons. The summed E-state index contributed by atoms with van der Waals surface area (Å²) < 4.78 is 5.01. The van der Waals surface area contributed by atoms with E-state index in [0.29, 0.717) is 17.8 Å². The molecule has 1 N–H and O–H groups in total. The highest BCUT2D eigenvalue weighted by atomic mass is 16.6. The summed E-state index contributed by atoms with van der Waals surface area (Å²) in [6.45, 7) is 3.18. The van der Waals surface area contributed by atoms with E-state index in [-0.39, 0.29) is 18.1 Å². The highest BCUT2D eigenvalue weighted by Crippen LogP contribution is 2.31. The van der Waals surface area contributed by atoms with E-state index in [1.165, 1.54) is 25.1 Å². The van der Waals surface area contributed by atoms with Gasteiger partial charge in [-0.1, -0.05) is 24.2 Å². The zero-order valence-corrected chi connectivity index (χ0v) is 13.6. The van der Waals surface area contributed by atoms with Crippen molar-refractivity contribution in [3.8, 4) is 0 Å². The van der Waals surface area contributed by atoms with Crippen molar-refractivity contribution >= 4 is 17.6 Å². The first-order chi connectivity index (χ1) is 11.8. The Morgan fingerprint density at radius 2 is 2.16 bits per heavy atom. The summed E-state index contributed by atoms with van der Waals surface area (Å²) in [6.07, 6.45) is 0.565. The van der Waals surface area contributed by atoms with Crippen molar-refractivity contribution in [1.82, 2.24) is 20.4 Å². The monoisotopic (exact) mass is 345 g/mol. The van der Waals surface area contributed by atoms with Gasteiger partial charge in [0.05, 0.1) is 4.92 Å². The standard InChI is InChI=1S/C15H15N5O5/c1-3-11-16-12(25-18-11)8-19-13(21)15(2,17-14(19)22)9-5-4-6-10(7-9)20(23)24/h4-7H,3,8H2,1-2H3,(H,17,22). The number of carbonyl (C=O) groups excluding carboxylic acids is 2. The summed E-state index contributed by atoms with van der Waals surface area (Å²) in [5, 5.41) is 17.2. The predicted octanol–water partition coefficient (Wildman–Crippen LogP) is 1.51. The molecule has 1 fully saturated rings. The predicted molar refractivity (Wildman–Crippen MR) is 83.2 cm³/mol. The van der Waals surface area contributed by atoms with Crippen molar-refractivity contribution in [2.75, 3.05) is 0 Å². The lowest BCUT2D eigenvalue weighted by molar-refractivity contribution is -0.385. The molecule has 1 saturated heterocycles. The van der Waals surface area contributed by atoms with Crippen LogP contribution in [0.3, 0.4) is 0 Å². The van der Waals surface area contributed by atoms with Crippen molar-refractivity contribution < 1.29 is 19.0 Å². The maximum atomic E-state index is 12.8. The number of benzene rings is 1. The number of nitrogens with zero attached hydrogens (tertiary/aromatic N) is 4. The van der Waals surface area contributed by atoms with Crippen LogP contribution in [0.4, 0.5) is 10.5 Å². The van der Waals surface area contributed by atoms with E-state index in [2.05, 4.69) is 15.5 Å². The Hall–Kier alpha value is -3.30. The Labute approximate surface area is 142 Å². The zero-order valence-electron chi connectivity index (χ0n) is 13.6. The number of imide groups is 1. The van der Waals surface area contributed by atoms with Crippen molar-refractivity contribution in [2.24, 2.45) is 0 Å². The Bertz CT molecular complexity index is 864. The fraction of sp³-hybridized carbons (Fsp3) is 0.333. The third-order valence-corrected chi connectivity index (χ3v) is 4.03. The number of carbonyl (C=O) groups is 2. The van der Waals surface area contributed by atoms with Crippen LogP contribution in [-0.4, -0.2) is 31.9 Å². The van der Waals surface area contributed by atoms with Gasteiger partial charge in [0.1, 0.15) is 12.1 Å². The fourth-order valence-electron chi connectivity index (χ4n) is 2.60. The molecule has 1 atom stereocenters. The number of nitrogens with one attached hydrogen (secondary N) is 1. The van der Waals surface area contributed by atoms with Gasteiger partial charge in [0.25, 0.3) is 11.6 Å². The number of hydrogen-bond donors (Lipinski definition) is 1. The Balaban J connectivity index is 1.89. The zero-order chi connectivity index (χ0) is 18.2. The molecular formula is C15H15N5O5. The first kappa shape index (κ1) is 16.6. The van der Waals surface area contributed by atoms with Crippen LogP contribution in [0.25, 0.3) is 0 Å². The van der Waals surface area contributed by atoms with Gasteiger partial charge in [0.2, 0.25) is 5.89 Å². The minimum absolute atomic E-state index is 0.142. The minimum Gasteiger partial charge on any atom is -0.337 e. The number of aryl methyl sites for hydroxylation is 1. The van der Waals surface area contributed by atoms with Crippen LogP contribution >= 0.6 is 0 Å². The van der Waals surface area contributed by atoms with Crippen LogP contribution in [0.15, 0.2) is 28.8 Å². The van der Waals surface area contributed by atoms with Crippen LogP contribution in [0.1, 0.15) is 31.1 Å². The number of amides is 3. The van der Waals surface area contributed by atoms with Crippen LogP contribution in [0.5, 0.6) is 0 Å². The molecule has 1 aliphatic rings. The number of hydrogen-bond acceptors (Lipinski definition) is 7. The average molecular weight is 345 g/mol. The SMILES string of the molecule is CCc1noc(CN2C(=O)NC(C)(c3cccc([N+](=O)[O-])c3)C2=O)n1. The smallest absolute Gasteiger partial charge is 0.325 e. The molecule has 0 bridgehead atoms. The molecule has 0 aliphatic carbocycles. The molecule has 25 heavy (non-hydrogen) atoms. The second-order valence-corrected chi connectivity index (χ2v) is 5.71. The first-order valence-corrected chi connectivity index (χ1v) is 7.55. The van der Waals surface area contributed by atoms with E-state index in [4.69, 9.17) is 4.52 Å². The number of non-ortho nitro benzene ring substituents is 1. The molecule has 1 aliphatic heterocycles. The fourth-order valence-corrected chi connectivity index (χ4v) is 2.60. The summed E-state index contributed by atoms with van der Waals surface area (Å²) >= 11 is 0. The number of rotatable bonds is 5. The molecule has 10 nitrogen and oxygen atoms in total. The van der Waals surface area contributed by atoms with Crippen molar-refractivity contribution in [2.45, 2.75) is 32.4 Å². The second-order valence-electron chi connectivity index (χ2n) is 5.71. The van der Waals surface area contributed by atoms with Gasteiger partial charge in [-0.25, -0.2) is 4.79 Å². The second kappa shape index (κ2) is 5.96. The maximum absolute atomic E-state index is 12.8. The summed E-state index contributed by atoms with van der Waals surface area (Å²) in [6, 6.07) is 4.97. The van der Waals surface area contributed by atoms with Gasteiger partial charge in [0.15, 0.2) is 5.82 Å². The van der Waals surface area contributed by atoms with E-state index >= 15 is 0 Å². The molecule has 10 heteroatoms. The number of urea groups is 1. The Morgan fingerprint density at radius 3 is 2.80 bits per heavy atom. The molecule has 130 valence electrons. The average Bonchev–Trinajstić information content (AvgIpc) is 3.14. The third-order valence-electron chi connectivity index (χ3n) is 4.03. The highest BCUT2D eigenvalue weighted by Gasteiger charge is 2.49. The molecule has 0 spiro atoms. The number of nitro groups is 1. The topological polar surface area (TPSA) is 131 Å². The summed E-state index contributed by atoms with van der Waals surface area (Å²) in [7, 11) is 0. The van der Waals surface area contributed by atoms with Gasteiger partial charge in [-0.2, -0.15) is 4.98 Å². The van der Waals surface area contributed by atoms with E-state index in [0.717, 1.165) is 4.90 Å². The number of nitro benzene ring substituents is 1. The molecule has 1 aromatic carbocycles. The van der Waals surface area contributed by atoms with E-state index < -0.39 is 22.4 Å². The summed E-state index contributed by atoms with van der Waals surface area (Å²) in [5.41, 5.74) is -1.25. The summed E-state index contributed by atoms with van der Waals surface area (Å²) in [4.78, 5) is 40.4. The van der Waals surface area contributed by atoms with E-state index in [9.17, 15) is 19.7 Å². The van der Waals surface area contributed by atoms with Crippen molar-refractivity contribution in [3.63, 3.8) is 0 Å². The van der Waals surface area contributed by atoms with Gasteiger partial charge in [-0.05, 0) is 12.5 Å². The van der Waals surface area contributed by atoms with Gasteiger partial charge < -0.3 is 9.84 Å². The summed E-state index contributed by atoms with van der Waals surface area (Å²) in [5.74, 6) is 0.0707. The van der Waals surface area contributed by atoms with Gasteiger partial charge in [0, 0.05) is 18.6 Å². The van der Waals surface area contributed by atoms with Crippen LogP contribution in [-0.2, 0) is 23.3 Å². The lowest BCUT2D eigenvalue weighted by Crippen LogP contribution is -2.40. The van der Waals surface area contributed by atoms with Crippen molar-refractivity contribution in [3.05, 3.63) is 51.7 Å². The maximum Gasteiger partial charge on any atom is 0.325 e. The lowest BCUT2D eigenvalue weighted by atomic mass is 9.91. The van der Waals surface area contributed by atoms with Crippen LogP contribution < -0.4 is 5.32 Å². The van der Waals surface area contributed by atoms with E-state index in [1.807, 2.05) is 6.92 Å². The van der Waals surface area contributed by atoms with Crippen LogP contribution in [0.2, 0.25) is 0 Å². The lowest BCUT2D eigenvalue weighted by Gasteiger charge is -2.21. The third kappa shape index (κ3) is 2.82. The minimum atomic E-state index is -1.41. The normalized spacial score (nSPS) is 20.0. The molecule has 1 aromatic heterocycles. The highest BCUT2D eigenvalue weighted by molar-refractivity contribution is 6.07. The molecule has 3 amide bonds.